The fourth-order valence-electron chi connectivity index (χ4n) is 1.89. The number of benzene rings is 2. The van der Waals surface area contributed by atoms with E-state index in [-0.39, 0.29) is 0 Å². The molecule has 0 bridgehead atoms. The molecule has 0 spiro atoms. The van der Waals surface area contributed by atoms with Crippen molar-refractivity contribution < 1.29 is 0 Å². The van der Waals surface area contributed by atoms with Gasteiger partial charge in [0.15, 0.2) is 0 Å². The Balaban J connectivity index is 1.80. The highest BCUT2D eigenvalue weighted by atomic mass is 32.2. The molecule has 0 saturated carbocycles. The van der Waals surface area contributed by atoms with E-state index in [2.05, 4.69) is 68.6 Å². The summed E-state index contributed by atoms with van der Waals surface area (Å²) in [6.07, 6.45) is 0. The minimum atomic E-state index is 0.987. The number of thioether (sulfide) groups is 1. The molecule has 0 amide bonds. The van der Waals surface area contributed by atoms with Gasteiger partial charge in [0.2, 0.25) is 0 Å². The van der Waals surface area contributed by atoms with E-state index in [1.165, 1.54) is 27.3 Å². The normalized spacial score (nSPS) is 10.5. The summed E-state index contributed by atoms with van der Waals surface area (Å²) in [5.74, 6) is 1.08. The highest BCUT2D eigenvalue weighted by Gasteiger charge is 1.99. The Bertz CT molecular complexity index is 531. The van der Waals surface area contributed by atoms with Crippen molar-refractivity contribution >= 4 is 17.4 Å². The van der Waals surface area contributed by atoms with Crippen molar-refractivity contribution in [3.63, 3.8) is 0 Å². The lowest BCUT2D eigenvalue weighted by molar-refractivity contribution is 1.21. The molecule has 0 aliphatic rings. The lowest BCUT2D eigenvalue weighted by Crippen LogP contribution is -2.03. The van der Waals surface area contributed by atoms with E-state index < -0.39 is 0 Å². The van der Waals surface area contributed by atoms with Crippen molar-refractivity contribution in [2.24, 2.45) is 0 Å². The zero-order valence-corrected chi connectivity index (χ0v) is 12.7. The zero-order chi connectivity index (χ0) is 13.7. The van der Waals surface area contributed by atoms with Gasteiger partial charge >= 0.3 is 0 Å². The fourth-order valence-corrected chi connectivity index (χ4v) is 2.88. The first kappa shape index (κ1) is 14.0. The molecule has 2 rings (SSSR count). The van der Waals surface area contributed by atoms with Crippen molar-refractivity contribution in [2.45, 2.75) is 25.7 Å². The predicted molar refractivity (Wildman–Crippen MR) is 86.3 cm³/mol. The zero-order valence-electron chi connectivity index (χ0n) is 11.9. The van der Waals surface area contributed by atoms with Gasteiger partial charge in [-0.15, -0.1) is 11.8 Å². The minimum absolute atomic E-state index is 0.987. The largest absolute Gasteiger partial charge is 0.384 e. The third kappa shape index (κ3) is 4.32. The lowest BCUT2D eigenvalue weighted by atomic mass is 10.2. The van der Waals surface area contributed by atoms with Gasteiger partial charge in [-0.05, 0) is 44.5 Å². The molecule has 0 aliphatic heterocycles. The molecule has 0 aliphatic carbocycles. The maximum atomic E-state index is 3.46. The molecule has 2 aromatic rings. The average molecular weight is 271 g/mol. The van der Waals surface area contributed by atoms with Crippen LogP contribution in [0.25, 0.3) is 0 Å². The molecule has 1 nitrogen and oxygen atoms in total. The summed E-state index contributed by atoms with van der Waals surface area (Å²) in [7, 11) is 0. The Morgan fingerprint density at radius 2 is 1.58 bits per heavy atom. The Hall–Kier alpha value is -1.41. The van der Waals surface area contributed by atoms with Gasteiger partial charge in [-0.3, -0.25) is 0 Å². The molecule has 100 valence electrons. The molecule has 0 saturated heterocycles. The van der Waals surface area contributed by atoms with Gasteiger partial charge in [-0.25, -0.2) is 0 Å². The Morgan fingerprint density at radius 1 is 0.895 bits per heavy atom. The summed E-state index contributed by atoms with van der Waals surface area (Å²) in [5, 5.41) is 3.46. The first-order valence-electron chi connectivity index (χ1n) is 6.66. The summed E-state index contributed by atoms with van der Waals surface area (Å²) in [6, 6.07) is 15.2. The number of anilines is 1. The highest BCUT2D eigenvalue weighted by Crippen LogP contribution is 2.23. The lowest BCUT2D eigenvalue weighted by Gasteiger charge is -2.09. The van der Waals surface area contributed by atoms with Crippen molar-refractivity contribution in [2.75, 3.05) is 17.6 Å². The van der Waals surface area contributed by atoms with Gasteiger partial charge < -0.3 is 5.32 Å². The van der Waals surface area contributed by atoms with Crippen LogP contribution in [0.1, 0.15) is 16.7 Å². The van der Waals surface area contributed by atoms with E-state index in [1.807, 2.05) is 11.8 Å². The third-order valence-corrected chi connectivity index (χ3v) is 4.24. The topological polar surface area (TPSA) is 12.0 Å². The van der Waals surface area contributed by atoms with E-state index >= 15 is 0 Å². The van der Waals surface area contributed by atoms with E-state index in [1.54, 1.807) is 0 Å². The third-order valence-electron chi connectivity index (χ3n) is 3.08. The molecule has 0 atom stereocenters. The number of hydrogen-bond acceptors (Lipinski definition) is 2. The SMILES string of the molecule is Cc1ccc(NCCSc2cc(C)ccc2C)cc1. The summed E-state index contributed by atoms with van der Waals surface area (Å²) < 4.78 is 0. The highest BCUT2D eigenvalue weighted by molar-refractivity contribution is 7.99. The molecule has 2 heteroatoms. The second-order valence-electron chi connectivity index (χ2n) is 4.91. The summed E-state index contributed by atoms with van der Waals surface area (Å²) in [5.41, 5.74) is 5.20. The van der Waals surface area contributed by atoms with Crippen molar-refractivity contribution in [1.82, 2.24) is 0 Å². The predicted octanol–water partition coefficient (Wildman–Crippen LogP) is 4.82. The van der Waals surface area contributed by atoms with Crippen LogP contribution in [0.2, 0.25) is 0 Å². The van der Waals surface area contributed by atoms with Crippen LogP contribution in [-0.2, 0) is 0 Å². The molecule has 19 heavy (non-hydrogen) atoms. The van der Waals surface area contributed by atoms with E-state index in [0.717, 1.165) is 12.3 Å². The maximum Gasteiger partial charge on any atom is 0.0340 e. The van der Waals surface area contributed by atoms with Gasteiger partial charge in [0.05, 0.1) is 0 Å². The van der Waals surface area contributed by atoms with Gasteiger partial charge in [-0.2, -0.15) is 0 Å². The van der Waals surface area contributed by atoms with Crippen LogP contribution in [0.15, 0.2) is 47.4 Å². The number of nitrogens with one attached hydrogen (secondary N) is 1. The van der Waals surface area contributed by atoms with Gasteiger partial charge in [-0.1, -0.05) is 35.4 Å². The maximum absolute atomic E-state index is 3.46. The second kappa shape index (κ2) is 6.67. The van der Waals surface area contributed by atoms with E-state index in [0.29, 0.717) is 0 Å². The van der Waals surface area contributed by atoms with Crippen LogP contribution >= 0.6 is 11.8 Å². The fraction of sp³-hybridized carbons (Fsp3) is 0.294. The number of aryl methyl sites for hydroxylation is 3. The molecule has 0 unspecified atom stereocenters. The average Bonchev–Trinajstić information content (AvgIpc) is 2.40. The summed E-state index contributed by atoms with van der Waals surface area (Å²) in [6.45, 7) is 7.42. The first-order chi connectivity index (χ1) is 9.15. The molecule has 2 aromatic carbocycles. The first-order valence-corrected chi connectivity index (χ1v) is 7.64. The van der Waals surface area contributed by atoms with Crippen LogP contribution < -0.4 is 5.32 Å². The van der Waals surface area contributed by atoms with Crippen molar-refractivity contribution in [1.29, 1.82) is 0 Å². The number of rotatable bonds is 5. The molecule has 0 radical (unpaired) electrons. The van der Waals surface area contributed by atoms with Crippen LogP contribution in [0.4, 0.5) is 5.69 Å². The summed E-state index contributed by atoms with van der Waals surface area (Å²) >= 11 is 1.92. The second-order valence-corrected chi connectivity index (χ2v) is 6.05. The van der Waals surface area contributed by atoms with Gasteiger partial charge in [0.1, 0.15) is 0 Å². The standard InChI is InChI=1S/C17H21NS/c1-13-5-8-16(9-6-13)18-10-11-19-17-12-14(2)4-7-15(17)3/h4-9,12,18H,10-11H2,1-3H3. The molecule has 0 fully saturated rings. The molecule has 0 heterocycles. The summed E-state index contributed by atoms with van der Waals surface area (Å²) in [4.78, 5) is 1.39. The van der Waals surface area contributed by atoms with Gasteiger partial charge in [0, 0.05) is 22.9 Å². The van der Waals surface area contributed by atoms with Gasteiger partial charge in [0.25, 0.3) is 0 Å². The molecular weight excluding hydrogens is 250 g/mol. The molecule has 1 N–H and O–H groups in total. The molecule has 0 aromatic heterocycles. The van der Waals surface area contributed by atoms with Crippen LogP contribution in [-0.4, -0.2) is 12.3 Å². The molecular formula is C17H21NS. The van der Waals surface area contributed by atoms with Crippen molar-refractivity contribution in [3.8, 4) is 0 Å². The quantitative estimate of drug-likeness (QED) is 0.618. The Labute approximate surface area is 120 Å². The van der Waals surface area contributed by atoms with E-state index in [9.17, 15) is 0 Å². The van der Waals surface area contributed by atoms with E-state index in [4.69, 9.17) is 0 Å². The van der Waals surface area contributed by atoms with Crippen LogP contribution in [0, 0.1) is 20.8 Å². The monoisotopic (exact) mass is 271 g/mol. The Morgan fingerprint density at radius 3 is 2.32 bits per heavy atom. The van der Waals surface area contributed by atoms with Crippen LogP contribution in [0.5, 0.6) is 0 Å². The Kier molecular flexibility index (Phi) is 4.92. The number of hydrogen-bond donors (Lipinski definition) is 1. The minimum Gasteiger partial charge on any atom is -0.384 e. The van der Waals surface area contributed by atoms with Crippen molar-refractivity contribution in [3.05, 3.63) is 59.2 Å². The smallest absolute Gasteiger partial charge is 0.0340 e. The van der Waals surface area contributed by atoms with Crippen LogP contribution in [0.3, 0.4) is 0 Å².